The van der Waals surface area contributed by atoms with Crippen molar-refractivity contribution in [2.24, 2.45) is 0 Å². The van der Waals surface area contributed by atoms with Crippen molar-refractivity contribution in [2.75, 3.05) is 0 Å². The fourth-order valence-corrected chi connectivity index (χ4v) is 3.18. The van der Waals surface area contributed by atoms with Crippen molar-refractivity contribution in [2.45, 2.75) is 52.2 Å². The summed E-state index contributed by atoms with van der Waals surface area (Å²) in [7, 11) is 0. The minimum absolute atomic E-state index is 0.444. The number of hydrogen-bond donors (Lipinski definition) is 3. The lowest BCUT2D eigenvalue weighted by atomic mass is 10.1. The molecule has 1 heterocycles. The molecule has 6 heteroatoms. The van der Waals surface area contributed by atoms with Crippen LogP contribution in [0.25, 0.3) is 0 Å². The number of carbonyl (C=O) groups excluding carboxylic acids is 1. The number of thiophene rings is 1. The van der Waals surface area contributed by atoms with Gasteiger partial charge in [0.2, 0.25) is 0 Å². The normalized spacial score (nSPS) is 13.8. The van der Waals surface area contributed by atoms with Crippen LogP contribution in [0.3, 0.4) is 0 Å². The van der Waals surface area contributed by atoms with Crippen LogP contribution in [-0.2, 0) is 17.6 Å². The second-order valence-electron chi connectivity index (χ2n) is 4.69. The fourth-order valence-electron chi connectivity index (χ4n) is 1.92. The maximum Gasteiger partial charge on any atom is 0.328 e. The van der Waals surface area contributed by atoms with E-state index in [1.807, 2.05) is 13.0 Å². The molecule has 0 aliphatic rings. The highest BCUT2D eigenvalue weighted by molar-refractivity contribution is 7.14. The van der Waals surface area contributed by atoms with Crippen LogP contribution < -0.4 is 5.32 Å². The number of nitrogens with one attached hydrogen (secondary N) is 1. The Bertz CT molecular complexity index is 482. The smallest absolute Gasteiger partial charge is 0.328 e. The van der Waals surface area contributed by atoms with E-state index in [1.165, 1.54) is 23.1 Å². The molecule has 0 aliphatic heterocycles. The van der Waals surface area contributed by atoms with Crippen molar-refractivity contribution in [1.82, 2.24) is 5.32 Å². The maximum atomic E-state index is 12.1. The average Bonchev–Trinajstić information content (AvgIpc) is 2.78. The van der Waals surface area contributed by atoms with E-state index in [1.54, 1.807) is 0 Å². The molecule has 0 saturated carbocycles. The van der Waals surface area contributed by atoms with Gasteiger partial charge in [-0.05, 0) is 31.4 Å². The fraction of sp³-hybridized carbons (Fsp3) is 0.571. The largest absolute Gasteiger partial charge is 0.480 e. The van der Waals surface area contributed by atoms with Crippen LogP contribution in [0, 0.1) is 0 Å². The Balaban J connectivity index is 2.89. The summed E-state index contributed by atoms with van der Waals surface area (Å²) < 4.78 is 0. The average molecular weight is 299 g/mol. The zero-order chi connectivity index (χ0) is 15.3. The van der Waals surface area contributed by atoms with Gasteiger partial charge in [-0.15, -0.1) is 11.3 Å². The van der Waals surface area contributed by atoms with Gasteiger partial charge in [0.25, 0.3) is 5.91 Å². The summed E-state index contributed by atoms with van der Waals surface area (Å²) in [4.78, 5) is 24.7. The second kappa shape index (κ2) is 7.40. The van der Waals surface area contributed by atoms with Crippen molar-refractivity contribution >= 4 is 23.2 Å². The Morgan fingerprint density at radius 2 is 2.05 bits per heavy atom. The number of carboxylic acid groups (broad SMARTS) is 1. The van der Waals surface area contributed by atoms with E-state index in [-0.39, 0.29) is 0 Å². The quantitative estimate of drug-likeness (QED) is 0.717. The molecule has 0 radical (unpaired) electrons. The Kier molecular flexibility index (Phi) is 6.16. The number of aliphatic carboxylic acids is 1. The number of amides is 1. The molecule has 0 spiro atoms. The summed E-state index contributed by atoms with van der Waals surface area (Å²) in [5.41, 5.74) is 1.13. The molecule has 1 aromatic rings. The number of hydrogen-bond acceptors (Lipinski definition) is 4. The van der Waals surface area contributed by atoms with Crippen LogP contribution in [0.4, 0.5) is 0 Å². The molecule has 1 rings (SSSR count). The summed E-state index contributed by atoms with van der Waals surface area (Å²) in [5, 5.41) is 20.7. The van der Waals surface area contributed by atoms with E-state index >= 15 is 0 Å². The van der Waals surface area contributed by atoms with Crippen molar-refractivity contribution in [1.29, 1.82) is 0 Å². The molecule has 0 saturated heterocycles. The molecule has 2 atom stereocenters. The van der Waals surface area contributed by atoms with Gasteiger partial charge in [0, 0.05) is 4.88 Å². The van der Waals surface area contributed by atoms with E-state index < -0.39 is 24.0 Å². The number of aliphatic hydroxyl groups is 1. The molecule has 0 aliphatic carbocycles. The van der Waals surface area contributed by atoms with Gasteiger partial charge < -0.3 is 15.5 Å². The maximum absolute atomic E-state index is 12.1. The standard InChI is InChI=1S/C14H21NO4S/c1-4-6-10-9(5-2)7-11(20-10)13(17)15-12(8(3)16)14(18)19/h7-8,12,16H,4-6H2,1-3H3,(H,15,17)(H,18,19). The summed E-state index contributed by atoms with van der Waals surface area (Å²) in [5.74, 6) is -1.69. The van der Waals surface area contributed by atoms with Gasteiger partial charge in [-0.1, -0.05) is 20.3 Å². The number of rotatable bonds is 7. The SMILES string of the molecule is CCCc1sc(C(=O)NC(C(=O)O)C(C)O)cc1CC. The van der Waals surface area contributed by atoms with Crippen LogP contribution in [-0.4, -0.2) is 34.2 Å². The topological polar surface area (TPSA) is 86.6 Å². The third-order valence-electron chi connectivity index (χ3n) is 3.01. The highest BCUT2D eigenvalue weighted by Gasteiger charge is 2.26. The van der Waals surface area contributed by atoms with E-state index in [4.69, 9.17) is 5.11 Å². The zero-order valence-electron chi connectivity index (χ0n) is 12.0. The summed E-state index contributed by atoms with van der Waals surface area (Å²) in [6, 6.07) is 0.524. The third-order valence-corrected chi connectivity index (χ3v) is 4.25. The summed E-state index contributed by atoms with van der Waals surface area (Å²) >= 11 is 1.40. The predicted octanol–water partition coefficient (Wildman–Crippen LogP) is 1.83. The molecule has 0 aromatic carbocycles. The Hall–Kier alpha value is -1.40. The van der Waals surface area contributed by atoms with Gasteiger partial charge in [-0.2, -0.15) is 0 Å². The van der Waals surface area contributed by atoms with Crippen LogP contribution in [0.5, 0.6) is 0 Å². The first-order valence-electron chi connectivity index (χ1n) is 6.74. The molecule has 0 fully saturated rings. The number of aliphatic hydroxyl groups excluding tert-OH is 1. The number of carboxylic acids is 1. The first-order valence-corrected chi connectivity index (χ1v) is 7.55. The van der Waals surface area contributed by atoms with Gasteiger partial charge in [-0.3, -0.25) is 4.79 Å². The van der Waals surface area contributed by atoms with Crippen LogP contribution in [0.1, 0.15) is 47.3 Å². The zero-order valence-corrected chi connectivity index (χ0v) is 12.8. The Morgan fingerprint density at radius 1 is 1.40 bits per heavy atom. The summed E-state index contributed by atoms with van der Waals surface area (Å²) in [6.07, 6.45) is 1.62. The van der Waals surface area contributed by atoms with Crippen molar-refractivity contribution in [3.8, 4) is 0 Å². The lowest BCUT2D eigenvalue weighted by Crippen LogP contribution is -2.47. The third kappa shape index (κ3) is 4.05. The molecule has 20 heavy (non-hydrogen) atoms. The molecule has 112 valence electrons. The van der Waals surface area contributed by atoms with Crippen LogP contribution in [0.15, 0.2) is 6.07 Å². The molecule has 1 amide bonds. The Labute approximate surface area is 122 Å². The highest BCUT2D eigenvalue weighted by atomic mass is 32.1. The van der Waals surface area contributed by atoms with Crippen molar-refractivity contribution in [3.05, 3.63) is 21.4 Å². The molecule has 1 aromatic heterocycles. The van der Waals surface area contributed by atoms with Gasteiger partial charge in [0.1, 0.15) is 0 Å². The van der Waals surface area contributed by atoms with Crippen molar-refractivity contribution < 1.29 is 19.8 Å². The Morgan fingerprint density at radius 3 is 2.50 bits per heavy atom. The van der Waals surface area contributed by atoms with Crippen LogP contribution >= 0.6 is 11.3 Å². The van der Waals surface area contributed by atoms with Crippen LogP contribution in [0.2, 0.25) is 0 Å². The lowest BCUT2D eigenvalue weighted by molar-refractivity contribution is -0.141. The molecule has 5 nitrogen and oxygen atoms in total. The summed E-state index contributed by atoms with van der Waals surface area (Å²) in [6.45, 7) is 5.44. The van der Waals surface area contributed by atoms with E-state index in [0.717, 1.165) is 24.8 Å². The van der Waals surface area contributed by atoms with Gasteiger partial charge in [0.05, 0.1) is 11.0 Å². The monoisotopic (exact) mass is 299 g/mol. The lowest BCUT2D eigenvalue weighted by Gasteiger charge is -2.16. The molecule has 3 N–H and O–H groups in total. The predicted molar refractivity (Wildman–Crippen MR) is 78.3 cm³/mol. The molecule has 2 unspecified atom stereocenters. The second-order valence-corrected chi connectivity index (χ2v) is 5.83. The molecular weight excluding hydrogens is 278 g/mol. The first kappa shape index (κ1) is 16.7. The first-order chi connectivity index (χ1) is 9.40. The van der Waals surface area contributed by atoms with Gasteiger partial charge in [-0.25, -0.2) is 4.79 Å². The minimum Gasteiger partial charge on any atom is -0.480 e. The highest BCUT2D eigenvalue weighted by Crippen LogP contribution is 2.24. The van der Waals surface area contributed by atoms with Gasteiger partial charge in [0.15, 0.2) is 6.04 Å². The van der Waals surface area contributed by atoms with E-state index in [9.17, 15) is 14.7 Å². The van der Waals surface area contributed by atoms with Crippen molar-refractivity contribution in [3.63, 3.8) is 0 Å². The molecular formula is C14H21NO4S. The number of aryl methyl sites for hydroxylation is 2. The van der Waals surface area contributed by atoms with E-state index in [2.05, 4.69) is 12.2 Å². The van der Waals surface area contributed by atoms with Gasteiger partial charge >= 0.3 is 5.97 Å². The van der Waals surface area contributed by atoms with E-state index in [0.29, 0.717) is 4.88 Å². The minimum atomic E-state index is -1.29. The number of carbonyl (C=O) groups is 2. The molecule has 0 bridgehead atoms.